The minimum atomic E-state index is -2.86. The molecule has 0 bridgehead atoms. The van der Waals surface area contributed by atoms with Crippen molar-refractivity contribution < 1.29 is 17.9 Å². The molecule has 4 rings (SSSR count). The lowest BCUT2D eigenvalue weighted by atomic mass is 10.2. The van der Waals surface area contributed by atoms with Crippen molar-refractivity contribution in [1.82, 2.24) is 15.2 Å². The van der Waals surface area contributed by atoms with Gasteiger partial charge in [-0.15, -0.1) is 10.2 Å². The number of alkyl halides is 2. The largest absolute Gasteiger partial charge is 0.435 e. The van der Waals surface area contributed by atoms with Crippen molar-refractivity contribution in [3.63, 3.8) is 0 Å². The fraction of sp³-hybridized carbons (Fsp3) is 0.111. The Morgan fingerprint density at radius 2 is 1.88 bits per heavy atom. The van der Waals surface area contributed by atoms with Gasteiger partial charge in [0.05, 0.1) is 5.56 Å². The number of aromatic nitrogens is 3. The first-order chi connectivity index (χ1) is 12.7. The third-order valence-electron chi connectivity index (χ3n) is 3.77. The number of hydrogen-bond donors (Lipinski definition) is 1. The van der Waals surface area contributed by atoms with E-state index in [4.69, 9.17) is 4.42 Å². The first-order valence-electron chi connectivity index (χ1n) is 7.76. The third-order valence-corrected chi connectivity index (χ3v) is 4.63. The van der Waals surface area contributed by atoms with Crippen LogP contribution in [0.1, 0.15) is 5.56 Å². The fourth-order valence-corrected chi connectivity index (χ4v) is 3.35. The van der Waals surface area contributed by atoms with Crippen LogP contribution in [-0.2, 0) is 5.75 Å². The zero-order valence-electron chi connectivity index (χ0n) is 13.4. The van der Waals surface area contributed by atoms with E-state index in [1.807, 2.05) is 30.5 Å². The van der Waals surface area contributed by atoms with Crippen molar-refractivity contribution >= 4 is 22.7 Å². The van der Waals surface area contributed by atoms with Crippen LogP contribution in [0.3, 0.4) is 0 Å². The first kappa shape index (κ1) is 16.6. The molecular formula is C18H13F2N3O2S. The maximum atomic E-state index is 12.5. The molecule has 0 fully saturated rings. The summed E-state index contributed by atoms with van der Waals surface area (Å²) >= 11 is 1.26. The summed E-state index contributed by atoms with van der Waals surface area (Å²) in [5.41, 5.74) is 2.43. The van der Waals surface area contributed by atoms with Gasteiger partial charge in [-0.1, -0.05) is 48.2 Å². The van der Waals surface area contributed by atoms with Gasteiger partial charge in [0, 0.05) is 28.4 Å². The van der Waals surface area contributed by atoms with Crippen LogP contribution >= 0.6 is 11.8 Å². The van der Waals surface area contributed by atoms with Crippen LogP contribution in [0.4, 0.5) is 8.78 Å². The molecule has 0 saturated heterocycles. The summed E-state index contributed by atoms with van der Waals surface area (Å²) in [7, 11) is 0. The van der Waals surface area contributed by atoms with Gasteiger partial charge in [-0.05, 0) is 12.1 Å². The minimum Gasteiger partial charge on any atom is -0.435 e. The maximum absolute atomic E-state index is 12.5. The van der Waals surface area contributed by atoms with Gasteiger partial charge in [0.25, 0.3) is 11.1 Å². The Morgan fingerprint density at radius 1 is 1.08 bits per heavy atom. The second-order valence-corrected chi connectivity index (χ2v) is 6.32. The van der Waals surface area contributed by atoms with Gasteiger partial charge in [0.15, 0.2) is 0 Å². The second-order valence-electron chi connectivity index (χ2n) is 5.40. The van der Waals surface area contributed by atoms with Crippen LogP contribution < -0.4 is 4.74 Å². The predicted octanol–water partition coefficient (Wildman–Crippen LogP) is 5.11. The van der Waals surface area contributed by atoms with Crippen LogP contribution in [0.15, 0.2) is 64.4 Å². The number of benzene rings is 2. The Bertz CT molecular complexity index is 1030. The van der Waals surface area contributed by atoms with E-state index in [-0.39, 0.29) is 5.75 Å². The number of aromatic amines is 1. The van der Waals surface area contributed by atoms with Gasteiger partial charge in [-0.3, -0.25) is 0 Å². The maximum Gasteiger partial charge on any atom is 0.387 e. The zero-order chi connectivity index (χ0) is 17.9. The second kappa shape index (κ2) is 7.17. The summed E-state index contributed by atoms with van der Waals surface area (Å²) < 4.78 is 35.2. The number of rotatable bonds is 6. The molecule has 2 aromatic heterocycles. The summed E-state index contributed by atoms with van der Waals surface area (Å²) in [4.78, 5) is 3.16. The molecule has 4 aromatic rings. The Hall–Kier alpha value is -2.87. The molecule has 0 spiro atoms. The van der Waals surface area contributed by atoms with Gasteiger partial charge < -0.3 is 14.1 Å². The predicted molar refractivity (Wildman–Crippen MR) is 94.2 cm³/mol. The van der Waals surface area contributed by atoms with E-state index in [0.29, 0.717) is 22.4 Å². The molecule has 0 amide bonds. The van der Waals surface area contributed by atoms with E-state index >= 15 is 0 Å². The highest BCUT2D eigenvalue weighted by Crippen LogP contribution is 2.32. The van der Waals surface area contributed by atoms with Crippen LogP contribution in [0.2, 0.25) is 0 Å². The quantitative estimate of drug-likeness (QED) is 0.476. The molecule has 132 valence electrons. The van der Waals surface area contributed by atoms with E-state index in [1.54, 1.807) is 18.2 Å². The molecule has 0 unspecified atom stereocenters. The Labute approximate surface area is 151 Å². The smallest absolute Gasteiger partial charge is 0.387 e. The first-order valence-corrected chi connectivity index (χ1v) is 8.75. The lowest BCUT2D eigenvalue weighted by Gasteiger charge is -2.09. The van der Waals surface area contributed by atoms with Crippen molar-refractivity contribution in [3.05, 3.63) is 60.3 Å². The average molecular weight is 373 g/mol. The van der Waals surface area contributed by atoms with Gasteiger partial charge in [-0.2, -0.15) is 8.78 Å². The van der Waals surface area contributed by atoms with Crippen molar-refractivity contribution in [3.8, 4) is 17.2 Å². The highest BCUT2D eigenvalue weighted by atomic mass is 32.2. The van der Waals surface area contributed by atoms with Crippen molar-refractivity contribution in [2.24, 2.45) is 0 Å². The number of hydrogen-bond acceptors (Lipinski definition) is 5. The average Bonchev–Trinajstić information content (AvgIpc) is 3.27. The minimum absolute atomic E-state index is 0.145. The monoisotopic (exact) mass is 373 g/mol. The van der Waals surface area contributed by atoms with E-state index < -0.39 is 6.61 Å². The SMILES string of the molecule is FC(F)Oc1ccccc1CSc1nnc(-c2c[nH]c3ccccc23)o1. The van der Waals surface area contributed by atoms with Gasteiger partial charge in [-0.25, -0.2) is 0 Å². The normalized spacial score (nSPS) is 11.3. The van der Waals surface area contributed by atoms with E-state index in [2.05, 4.69) is 19.9 Å². The number of H-pyrrole nitrogens is 1. The summed E-state index contributed by atoms with van der Waals surface area (Å²) in [6.45, 7) is -2.86. The van der Waals surface area contributed by atoms with Crippen LogP contribution in [-0.4, -0.2) is 21.8 Å². The lowest BCUT2D eigenvalue weighted by molar-refractivity contribution is -0.0503. The molecule has 0 saturated carbocycles. The number of fused-ring (bicyclic) bond motifs is 1. The van der Waals surface area contributed by atoms with E-state index in [0.717, 1.165) is 16.5 Å². The Balaban J connectivity index is 1.51. The summed E-state index contributed by atoms with van der Waals surface area (Å²) in [5, 5.41) is 9.46. The molecular weight excluding hydrogens is 360 g/mol. The van der Waals surface area contributed by atoms with Crippen LogP contribution in [0.5, 0.6) is 5.75 Å². The van der Waals surface area contributed by atoms with Crippen LogP contribution in [0.25, 0.3) is 22.4 Å². The van der Waals surface area contributed by atoms with E-state index in [1.165, 1.54) is 17.8 Å². The molecule has 0 atom stereocenters. The Kier molecular flexibility index (Phi) is 4.57. The number of halogens is 2. The third kappa shape index (κ3) is 3.41. The molecule has 1 N–H and O–H groups in total. The number of thioether (sulfide) groups is 1. The standard InChI is InChI=1S/C18H13F2N3O2S/c19-17(20)24-15-8-4-1-5-11(15)10-26-18-23-22-16(25-18)13-9-21-14-7-3-2-6-12(13)14/h1-9,17,21H,10H2. The van der Waals surface area contributed by atoms with Crippen molar-refractivity contribution in [1.29, 1.82) is 0 Å². The molecule has 0 aliphatic heterocycles. The molecule has 2 aromatic carbocycles. The number of nitrogens with one attached hydrogen (secondary N) is 1. The molecule has 5 nitrogen and oxygen atoms in total. The van der Waals surface area contributed by atoms with Gasteiger partial charge in [0.2, 0.25) is 0 Å². The Morgan fingerprint density at radius 3 is 2.77 bits per heavy atom. The number of nitrogens with zero attached hydrogens (tertiary/aromatic N) is 2. The molecule has 0 aliphatic rings. The van der Waals surface area contributed by atoms with Gasteiger partial charge in [0.1, 0.15) is 5.75 Å². The topological polar surface area (TPSA) is 63.9 Å². The highest BCUT2D eigenvalue weighted by Gasteiger charge is 2.15. The molecule has 0 radical (unpaired) electrons. The molecule has 0 aliphatic carbocycles. The van der Waals surface area contributed by atoms with E-state index in [9.17, 15) is 8.78 Å². The molecule has 8 heteroatoms. The van der Waals surface area contributed by atoms with Crippen molar-refractivity contribution in [2.75, 3.05) is 0 Å². The zero-order valence-corrected chi connectivity index (χ0v) is 14.2. The summed E-state index contributed by atoms with van der Waals surface area (Å²) in [6.07, 6.45) is 1.82. The fourth-order valence-electron chi connectivity index (χ4n) is 2.60. The number of ether oxygens (including phenoxy) is 1. The highest BCUT2D eigenvalue weighted by molar-refractivity contribution is 7.98. The van der Waals surface area contributed by atoms with Crippen molar-refractivity contribution in [2.45, 2.75) is 17.6 Å². The van der Waals surface area contributed by atoms with Crippen LogP contribution in [0, 0.1) is 0 Å². The van der Waals surface area contributed by atoms with Gasteiger partial charge >= 0.3 is 6.61 Å². The molecule has 2 heterocycles. The summed E-state index contributed by atoms with van der Waals surface area (Å²) in [6, 6.07) is 14.4. The lowest BCUT2D eigenvalue weighted by Crippen LogP contribution is -2.03. The summed E-state index contributed by atoms with van der Waals surface area (Å²) in [5.74, 6) is 0.923. The number of para-hydroxylation sites is 2. The molecule has 26 heavy (non-hydrogen) atoms.